The summed E-state index contributed by atoms with van der Waals surface area (Å²) >= 11 is 0. The third-order valence-electron chi connectivity index (χ3n) is 2.96. The standard InChI is InChI=1S/C14H16O6/c1-13(2)17-7-6-8-11(20-14(3,4)18-8)9(10(7)19-13)12(15)16-5/h6H,1-5H3. The maximum absolute atomic E-state index is 12.1. The van der Waals surface area contributed by atoms with Gasteiger partial charge in [-0.25, -0.2) is 4.79 Å². The molecule has 20 heavy (non-hydrogen) atoms. The summed E-state index contributed by atoms with van der Waals surface area (Å²) in [6, 6.07) is 1.67. The Morgan fingerprint density at radius 3 is 1.80 bits per heavy atom. The van der Waals surface area contributed by atoms with Gasteiger partial charge in [-0.15, -0.1) is 0 Å². The number of esters is 1. The van der Waals surface area contributed by atoms with E-state index in [9.17, 15) is 4.79 Å². The molecule has 1 aromatic carbocycles. The van der Waals surface area contributed by atoms with E-state index in [2.05, 4.69) is 0 Å². The minimum absolute atomic E-state index is 0.191. The van der Waals surface area contributed by atoms with Crippen LogP contribution in [0.15, 0.2) is 6.07 Å². The Balaban J connectivity index is 2.20. The summed E-state index contributed by atoms with van der Waals surface area (Å²) in [5.74, 6) is -0.735. The van der Waals surface area contributed by atoms with Gasteiger partial charge in [0.1, 0.15) is 0 Å². The molecule has 0 unspecified atom stereocenters. The largest absolute Gasteiger partial charge is 0.465 e. The molecule has 0 radical (unpaired) electrons. The Bertz CT molecular complexity index is 560. The minimum Gasteiger partial charge on any atom is -0.465 e. The van der Waals surface area contributed by atoms with Crippen LogP contribution in [0.1, 0.15) is 38.1 Å². The van der Waals surface area contributed by atoms with Crippen LogP contribution in [0.25, 0.3) is 0 Å². The van der Waals surface area contributed by atoms with E-state index in [0.717, 1.165) is 0 Å². The molecule has 0 amide bonds. The molecule has 2 aliphatic rings. The number of rotatable bonds is 1. The molecule has 0 atom stereocenters. The fourth-order valence-corrected chi connectivity index (χ4v) is 2.30. The summed E-state index contributed by atoms with van der Waals surface area (Å²) in [5.41, 5.74) is 0.191. The van der Waals surface area contributed by atoms with Crippen molar-refractivity contribution in [3.8, 4) is 23.0 Å². The third-order valence-corrected chi connectivity index (χ3v) is 2.96. The minimum atomic E-state index is -0.851. The van der Waals surface area contributed by atoms with Gasteiger partial charge in [-0.2, -0.15) is 0 Å². The Hall–Kier alpha value is -2.11. The summed E-state index contributed by atoms with van der Waals surface area (Å²) in [6.45, 7) is 7.02. The van der Waals surface area contributed by atoms with Crippen LogP contribution in [0.3, 0.4) is 0 Å². The predicted molar refractivity (Wildman–Crippen MR) is 68.5 cm³/mol. The van der Waals surface area contributed by atoms with Crippen molar-refractivity contribution in [1.29, 1.82) is 0 Å². The second-order valence-corrected chi connectivity index (χ2v) is 5.61. The third kappa shape index (κ3) is 1.83. The lowest BCUT2D eigenvalue weighted by atomic mass is 10.1. The Kier molecular flexibility index (Phi) is 2.39. The van der Waals surface area contributed by atoms with Crippen molar-refractivity contribution in [1.82, 2.24) is 0 Å². The van der Waals surface area contributed by atoms with Gasteiger partial charge in [-0.05, 0) is 0 Å². The second-order valence-electron chi connectivity index (χ2n) is 5.61. The van der Waals surface area contributed by atoms with Crippen molar-refractivity contribution in [3.05, 3.63) is 11.6 Å². The topological polar surface area (TPSA) is 63.2 Å². The van der Waals surface area contributed by atoms with Gasteiger partial charge in [0.25, 0.3) is 0 Å². The van der Waals surface area contributed by atoms with Crippen LogP contribution in [-0.2, 0) is 4.74 Å². The van der Waals surface area contributed by atoms with Crippen molar-refractivity contribution in [2.45, 2.75) is 39.3 Å². The zero-order chi connectivity index (χ0) is 14.7. The van der Waals surface area contributed by atoms with Gasteiger partial charge < -0.3 is 23.7 Å². The molecule has 108 valence electrons. The van der Waals surface area contributed by atoms with Crippen LogP contribution in [0.2, 0.25) is 0 Å². The Morgan fingerprint density at radius 2 is 1.40 bits per heavy atom. The first-order chi connectivity index (χ1) is 9.22. The van der Waals surface area contributed by atoms with E-state index in [4.69, 9.17) is 23.7 Å². The molecule has 2 heterocycles. The maximum atomic E-state index is 12.1. The monoisotopic (exact) mass is 280 g/mol. The number of fused-ring (bicyclic) bond motifs is 2. The molecule has 0 spiro atoms. The van der Waals surface area contributed by atoms with Gasteiger partial charge in [-0.3, -0.25) is 0 Å². The van der Waals surface area contributed by atoms with Crippen molar-refractivity contribution < 1.29 is 28.5 Å². The smallest absolute Gasteiger partial charge is 0.345 e. The first kappa shape index (κ1) is 12.9. The molecule has 2 aliphatic heterocycles. The summed E-state index contributed by atoms with van der Waals surface area (Å²) in [7, 11) is 1.30. The van der Waals surface area contributed by atoms with Gasteiger partial charge >= 0.3 is 5.97 Å². The number of benzene rings is 1. The summed E-state index contributed by atoms with van der Waals surface area (Å²) in [4.78, 5) is 12.1. The average molecular weight is 280 g/mol. The molecule has 1 aromatic rings. The number of carbonyl (C=O) groups is 1. The SMILES string of the molecule is COC(=O)c1c2c(cc3c1OC(C)(C)O3)OC(C)(C)O2. The molecule has 0 saturated heterocycles. The molecular formula is C14H16O6. The van der Waals surface area contributed by atoms with Gasteiger partial charge in [-0.1, -0.05) is 0 Å². The highest BCUT2D eigenvalue weighted by Crippen LogP contribution is 2.53. The quantitative estimate of drug-likeness (QED) is 0.736. The van der Waals surface area contributed by atoms with E-state index in [1.54, 1.807) is 33.8 Å². The molecule has 6 heteroatoms. The zero-order valence-electron chi connectivity index (χ0n) is 12.0. The van der Waals surface area contributed by atoms with Crippen LogP contribution in [0.4, 0.5) is 0 Å². The molecule has 0 aliphatic carbocycles. The molecule has 6 nitrogen and oxygen atoms in total. The fourth-order valence-electron chi connectivity index (χ4n) is 2.30. The molecule has 0 aromatic heterocycles. The van der Waals surface area contributed by atoms with Crippen LogP contribution in [-0.4, -0.2) is 24.7 Å². The molecule has 0 fully saturated rings. The maximum Gasteiger partial charge on any atom is 0.345 e. The first-order valence-electron chi connectivity index (χ1n) is 6.28. The van der Waals surface area contributed by atoms with Gasteiger partial charge in [0.2, 0.25) is 11.6 Å². The van der Waals surface area contributed by atoms with E-state index >= 15 is 0 Å². The summed E-state index contributed by atoms with van der Waals surface area (Å²) < 4.78 is 27.5. The number of ether oxygens (including phenoxy) is 5. The molecular weight excluding hydrogens is 264 g/mol. The summed E-state index contributed by atoms with van der Waals surface area (Å²) in [6.07, 6.45) is 0. The average Bonchev–Trinajstić information content (AvgIpc) is 2.77. The van der Waals surface area contributed by atoms with E-state index in [1.165, 1.54) is 7.11 Å². The van der Waals surface area contributed by atoms with Gasteiger partial charge in [0, 0.05) is 33.8 Å². The highest BCUT2D eigenvalue weighted by atomic mass is 16.7. The Morgan fingerprint density at radius 1 is 0.950 bits per heavy atom. The normalized spacial score (nSPS) is 19.9. The van der Waals surface area contributed by atoms with Crippen molar-refractivity contribution in [2.75, 3.05) is 7.11 Å². The van der Waals surface area contributed by atoms with E-state index in [-0.39, 0.29) is 5.56 Å². The number of hydrogen-bond acceptors (Lipinski definition) is 6. The highest BCUT2D eigenvalue weighted by molar-refractivity contribution is 5.98. The lowest BCUT2D eigenvalue weighted by Crippen LogP contribution is -2.31. The lowest BCUT2D eigenvalue weighted by molar-refractivity contribution is -0.0487. The highest BCUT2D eigenvalue weighted by Gasteiger charge is 2.44. The number of carbonyl (C=O) groups excluding carboxylic acids is 1. The lowest BCUT2D eigenvalue weighted by Gasteiger charge is -2.18. The number of methoxy groups -OCH3 is 1. The zero-order valence-corrected chi connectivity index (χ0v) is 12.0. The fraction of sp³-hybridized carbons (Fsp3) is 0.500. The number of hydrogen-bond donors (Lipinski definition) is 0. The van der Waals surface area contributed by atoms with Crippen LogP contribution in [0.5, 0.6) is 23.0 Å². The van der Waals surface area contributed by atoms with Gasteiger partial charge in [0.15, 0.2) is 28.6 Å². The Labute approximate surface area is 116 Å². The van der Waals surface area contributed by atoms with Crippen molar-refractivity contribution in [3.63, 3.8) is 0 Å². The van der Waals surface area contributed by atoms with Crippen molar-refractivity contribution >= 4 is 5.97 Å². The van der Waals surface area contributed by atoms with Gasteiger partial charge in [0.05, 0.1) is 7.11 Å². The van der Waals surface area contributed by atoms with Crippen LogP contribution >= 0.6 is 0 Å². The molecule has 0 saturated carbocycles. The predicted octanol–water partition coefficient (Wildman–Crippen LogP) is 2.49. The summed E-state index contributed by atoms with van der Waals surface area (Å²) in [5, 5.41) is 0. The molecule has 3 rings (SSSR count). The van der Waals surface area contributed by atoms with Crippen molar-refractivity contribution in [2.24, 2.45) is 0 Å². The molecule has 0 N–H and O–H groups in total. The van der Waals surface area contributed by atoms with Crippen LogP contribution in [0, 0.1) is 0 Å². The van der Waals surface area contributed by atoms with E-state index in [1.807, 2.05) is 0 Å². The second kappa shape index (κ2) is 3.71. The van der Waals surface area contributed by atoms with Crippen LogP contribution < -0.4 is 18.9 Å². The first-order valence-corrected chi connectivity index (χ1v) is 6.28. The van der Waals surface area contributed by atoms with E-state index < -0.39 is 17.5 Å². The molecule has 0 bridgehead atoms. The van der Waals surface area contributed by atoms with E-state index in [0.29, 0.717) is 23.0 Å².